The van der Waals surface area contributed by atoms with E-state index >= 15 is 0 Å². The molecule has 0 radical (unpaired) electrons. The lowest BCUT2D eigenvalue weighted by molar-refractivity contribution is -0.0817. The van der Waals surface area contributed by atoms with Crippen LogP contribution in [-0.4, -0.2) is 74.2 Å². The van der Waals surface area contributed by atoms with Gasteiger partial charge in [-0.2, -0.15) is 0 Å². The molecule has 22 heavy (non-hydrogen) atoms. The zero-order valence-corrected chi connectivity index (χ0v) is 16.0. The van der Waals surface area contributed by atoms with Gasteiger partial charge in [-0.1, -0.05) is 6.92 Å². The fourth-order valence-corrected chi connectivity index (χ4v) is 2.71. The molecule has 0 saturated carbocycles. The molecule has 3 unspecified atom stereocenters. The average Bonchev–Trinajstić information content (AvgIpc) is 3.05. The number of aliphatic hydroxyl groups is 1. The van der Waals surface area contributed by atoms with Crippen LogP contribution in [-0.2, 0) is 9.47 Å². The molecule has 0 spiro atoms. The van der Waals surface area contributed by atoms with Gasteiger partial charge in [0, 0.05) is 39.4 Å². The van der Waals surface area contributed by atoms with Crippen LogP contribution in [0.15, 0.2) is 4.99 Å². The first-order chi connectivity index (χ1) is 10.2. The molecule has 2 rings (SSSR count). The van der Waals surface area contributed by atoms with Gasteiger partial charge in [0.2, 0.25) is 0 Å². The van der Waals surface area contributed by atoms with Crippen molar-refractivity contribution in [3.05, 3.63) is 0 Å². The standard InChI is InChI=1S/C15H29N3O3.HI/c1-3-16-15(17-9-12(2)11-19)18-6-8-21-14(10-18)13-5-4-7-20-13;/h12-14,19H,3-11H2,1-2H3,(H,16,17);1H. The predicted octanol–water partition coefficient (Wildman–Crippen LogP) is 1.08. The van der Waals surface area contributed by atoms with Crippen LogP contribution < -0.4 is 5.32 Å². The Kier molecular flexibility index (Phi) is 9.62. The van der Waals surface area contributed by atoms with Crippen LogP contribution in [0.2, 0.25) is 0 Å². The van der Waals surface area contributed by atoms with E-state index in [1.54, 1.807) is 0 Å². The number of aliphatic imine (C=N–C) groups is 1. The van der Waals surface area contributed by atoms with Crippen molar-refractivity contribution in [2.24, 2.45) is 10.9 Å². The quantitative estimate of drug-likeness (QED) is 0.391. The maximum atomic E-state index is 9.13. The minimum atomic E-state index is 0. The van der Waals surface area contributed by atoms with E-state index in [1.807, 2.05) is 6.92 Å². The summed E-state index contributed by atoms with van der Waals surface area (Å²) in [5.41, 5.74) is 0. The van der Waals surface area contributed by atoms with Gasteiger partial charge in [0.15, 0.2) is 5.96 Å². The molecule has 0 amide bonds. The van der Waals surface area contributed by atoms with E-state index in [-0.39, 0.29) is 48.7 Å². The molecule has 7 heteroatoms. The molecule has 2 N–H and O–H groups in total. The Balaban J connectivity index is 0.00000242. The maximum absolute atomic E-state index is 9.13. The number of hydrogen-bond acceptors (Lipinski definition) is 4. The Hall–Kier alpha value is -0.120. The fourth-order valence-electron chi connectivity index (χ4n) is 2.71. The number of nitrogens with one attached hydrogen (secondary N) is 1. The summed E-state index contributed by atoms with van der Waals surface area (Å²) >= 11 is 0. The summed E-state index contributed by atoms with van der Waals surface area (Å²) in [6.07, 6.45) is 2.59. The highest BCUT2D eigenvalue weighted by Gasteiger charge is 2.32. The zero-order valence-electron chi connectivity index (χ0n) is 13.7. The summed E-state index contributed by atoms with van der Waals surface area (Å²) in [5.74, 6) is 1.11. The molecule has 2 saturated heterocycles. The molecule has 3 atom stereocenters. The second-order valence-electron chi connectivity index (χ2n) is 5.89. The maximum Gasteiger partial charge on any atom is 0.194 e. The molecular formula is C15H30IN3O3. The lowest BCUT2D eigenvalue weighted by atomic mass is 10.1. The average molecular weight is 427 g/mol. The van der Waals surface area contributed by atoms with Crippen LogP contribution in [0.5, 0.6) is 0 Å². The molecule has 0 aromatic heterocycles. The van der Waals surface area contributed by atoms with Gasteiger partial charge in [-0.15, -0.1) is 24.0 Å². The summed E-state index contributed by atoms with van der Waals surface area (Å²) in [6.45, 7) is 8.97. The largest absolute Gasteiger partial charge is 0.396 e. The van der Waals surface area contributed by atoms with E-state index < -0.39 is 0 Å². The highest BCUT2D eigenvalue weighted by molar-refractivity contribution is 14.0. The lowest BCUT2D eigenvalue weighted by Crippen LogP contribution is -2.53. The number of halogens is 1. The second kappa shape index (κ2) is 10.6. The molecule has 2 heterocycles. The molecule has 2 aliphatic rings. The van der Waals surface area contributed by atoms with Crippen molar-refractivity contribution in [2.45, 2.75) is 38.9 Å². The van der Waals surface area contributed by atoms with Gasteiger partial charge in [-0.3, -0.25) is 4.99 Å². The third kappa shape index (κ3) is 5.82. The Morgan fingerprint density at radius 1 is 1.36 bits per heavy atom. The van der Waals surface area contributed by atoms with Gasteiger partial charge in [0.1, 0.15) is 6.10 Å². The first-order valence-electron chi connectivity index (χ1n) is 8.12. The van der Waals surface area contributed by atoms with Gasteiger partial charge in [0.25, 0.3) is 0 Å². The molecule has 2 aliphatic heterocycles. The van der Waals surface area contributed by atoms with Gasteiger partial charge >= 0.3 is 0 Å². The smallest absolute Gasteiger partial charge is 0.194 e. The van der Waals surface area contributed by atoms with E-state index in [0.717, 1.165) is 45.0 Å². The lowest BCUT2D eigenvalue weighted by Gasteiger charge is -2.37. The van der Waals surface area contributed by atoms with E-state index in [9.17, 15) is 0 Å². The van der Waals surface area contributed by atoms with Crippen LogP contribution in [0, 0.1) is 5.92 Å². The van der Waals surface area contributed by atoms with Gasteiger partial charge in [-0.05, 0) is 25.7 Å². The van der Waals surface area contributed by atoms with Crippen molar-refractivity contribution >= 4 is 29.9 Å². The fraction of sp³-hybridized carbons (Fsp3) is 0.933. The summed E-state index contributed by atoms with van der Waals surface area (Å²) in [4.78, 5) is 6.90. The molecule has 0 aromatic rings. The number of rotatable bonds is 5. The highest BCUT2D eigenvalue weighted by atomic mass is 127. The summed E-state index contributed by atoms with van der Waals surface area (Å²) < 4.78 is 11.6. The topological polar surface area (TPSA) is 66.3 Å². The van der Waals surface area contributed by atoms with E-state index in [4.69, 9.17) is 14.6 Å². The zero-order chi connectivity index (χ0) is 15.1. The van der Waals surface area contributed by atoms with Gasteiger partial charge in [0.05, 0.1) is 12.7 Å². The normalized spacial score (nSPS) is 27.4. The first kappa shape index (κ1) is 19.9. The number of guanidine groups is 1. The molecular weight excluding hydrogens is 397 g/mol. The van der Waals surface area contributed by atoms with Crippen molar-refractivity contribution in [1.29, 1.82) is 0 Å². The molecule has 130 valence electrons. The van der Waals surface area contributed by atoms with Crippen LogP contribution >= 0.6 is 24.0 Å². The molecule has 0 bridgehead atoms. The summed E-state index contributed by atoms with van der Waals surface area (Å²) in [6, 6.07) is 0. The molecule has 6 nitrogen and oxygen atoms in total. The third-order valence-electron chi connectivity index (χ3n) is 3.97. The van der Waals surface area contributed by atoms with Crippen molar-refractivity contribution in [2.75, 3.05) is 46.0 Å². The molecule has 0 aromatic carbocycles. The van der Waals surface area contributed by atoms with Gasteiger partial charge in [-0.25, -0.2) is 0 Å². The Bertz CT molecular complexity index is 338. The number of morpholine rings is 1. The summed E-state index contributed by atoms with van der Waals surface area (Å²) in [5, 5.41) is 12.5. The van der Waals surface area contributed by atoms with E-state index in [1.165, 1.54) is 0 Å². The number of nitrogens with zero attached hydrogens (tertiary/aromatic N) is 2. The Morgan fingerprint density at radius 2 is 2.14 bits per heavy atom. The SMILES string of the molecule is CCNC(=NCC(C)CO)N1CCOC(C2CCCO2)C1.I. The van der Waals surface area contributed by atoms with Crippen molar-refractivity contribution in [3.8, 4) is 0 Å². The highest BCUT2D eigenvalue weighted by Crippen LogP contribution is 2.21. The van der Waals surface area contributed by atoms with Crippen LogP contribution in [0.4, 0.5) is 0 Å². The minimum Gasteiger partial charge on any atom is -0.396 e. The number of ether oxygens (including phenoxy) is 2. The van der Waals surface area contributed by atoms with Crippen LogP contribution in [0.1, 0.15) is 26.7 Å². The number of aliphatic hydroxyl groups excluding tert-OH is 1. The second-order valence-corrected chi connectivity index (χ2v) is 5.89. The number of hydrogen-bond donors (Lipinski definition) is 2. The van der Waals surface area contributed by atoms with Crippen molar-refractivity contribution < 1.29 is 14.6 Å². The molecule has 2 fully saturated rings. The third-order valence-corrected chi connectivity index (χ3v) is 3.97. The first-order valence-corrected chi connectivity index (χ1v) is 8.12. The van der Waals surface area contributed by atoms with Crippen molar-refractivity contribution in [1.82, 2.24) is 10.2 Å². The van der Waals surface area contributed by atoms with Crippen LogP contribution in [0.25, 0.3) is 0 Å². The predicted molar refractivity (Wildman–Crippen MR) is 97.9 cm³/mol. The van der Waals surface area contributed by atoms with Gasteiger partial charge < -0.3 is 24.8 Å². The van der Waals surface area contributed by atoms with E-state index in [0.29, 0.717) is 13.2 Å². The Morgan fingerprint density at radius 3 is 2.77 bits per heavy atom. The van der Waals surface area contributed by atoms with Crippen molar-refractivity contribution in [3.63, 3.8) is 0 Å². The minimum absolute atomic E-state index is 0. The van der Waals surface area contributed by atoms with Crippen LogP contribution in [0.3, 0.4) is 0 Å². The van der Waals surface area contributed by atoms with E-state index in [2.05, 4.69) is 22.1 Å². The molecule has 0 aliphatic carbocycles. The Labute approximate surface area is 150 Å². The summed E-state index contributed by atoms with van der Waals surface area (Å²) in [7, 11) is 0. The monoisotopic (exact) mass is 427 g/mol.